The molecule has 7 heteroatoms. The molecule has 0 aromatic heterocycles. The van der Waals surface area contributed by atoms with E-state index >= 15 is 0 Å². The van der Waals surface area contributed by atoms with Gasteiger partial charge >= 0.3 is 0 Å². The third-order valence-corrected chi connectivity index (χ3v) is 3.91. The standard InChI is InChI=1S/C16H15Cl2NO4/c1-8(2)10-4-15(21)19(16(10)22)13-6-14(23-7-9(3)20)12(18)5-11(13)17/h5-6H,4,7H2,1-3H3. The van der Waals surface area contributed by atoms with Crippen molar-refractivity contribution in [2.75, 3.05) is 11.5 Å². The third kappa shape index (κ3) is 3.57. The molecule has 2 amide bonds. The fourth-order valence-corrected chi connectivity index (χ4v) is 2.69. The molecule has 1 saturated heterocycles. The summed E-state index contributed by atoms with van der Waals surface area (Å²) in [6.45, 7) is 4.75. The van der Waals surface area contributed by atoms with Crippen molar-refractivity contribution in [3.63, 3.8) is 0 Å². The van der Waals surface area contributed by atoms with Gasteiger partial charge in [0, 0.05) is 11.6 Å². The summed E-state index contributed by atoms with van der Waals surface area (Å²) >= 11 is 12.2. The molecule has 0 N–H and O–H groups in total. The largest absolute Gasteiger partial charge is 0.484 e. The predicted molar refractivity (Wildman–Crippen MR) is 88.1 cm³/mol. The molecule has 1 aliphatic heterocycles. The molecule has 0 radical (unpaired) electrons. The molecule has 0 bridgehead atoms. The average Bonchev–Trinajstić information content (AvgIpc) is 2.74. The van der Waals surface area contributed by atoms with Crippen LogP contribution in [-0.4, -0.2) is 24.2 Å². The molecule has 2 rings (SSSR count). The van der Waals surface area contributed by atoms with Crippen LogP contribution in [0.15, 0.2) is 23.3 Å². The molecule has 0 atom stereocenters. The number of nitrogens with zero attached hydrogens (tertiary/aromatic N) is 1. The number of halogens is 2. The minimum Gasteiger partial charge on any atom is -0.484 e. The fourth-order valence-electron chi connectivity index (χ4n) is 2.17. The van der Waals surface area contributed by atoms with Crippen molar-refractivity contribution in [1.29, 1.82) is 0 Å². The summed E-state index contributed by atoms with van der Waals surface area (Å²) in [7, 11) is 0. The molecular formula is C16H15Cl2NO4. The van der Waals surface area contributed by atoms with Gasteiger partial charge in [0.15, 0.2) is 5.78 Å². The first-order chi connectivity index (χ1) is 10.7. The second kappa shape index (κ2) is 6.72. The van der Waals surface area contributed by atoms with Gasteiger partial charge in [0.2, 0.25) is 5.91 Å². The summed E-state index contributed by atoms with van der Waals surface area (Å²) < 4.78 is 5.30. The number of carbonyl (C=O) groups is 3. The van der Waals surface area contributed by atoms with Gasteiger partial charge < -0.3 is 4.74 Å². The number of ether oxygens (including phenoxy) is 1. The van der Waals surface area contributed by atoms with Crippen LogP contribution in [-0.2, 0) is 14.4 Å². The lowest BCUT2D eigenvalue weighted by molar-refractivity contribution is -0.121. The first kappa shape index (κ1) is 17.5. The topological polar surface area (TPSA) is 63.7 Å². The highest BCUT2D eigenvalue weighted by Crippen LogP contribution is 2.39. The molecule has 1 fully saturated rings. The van der Waals surface area contributed by atoms with Crippen molar-refractivity contribution in [3.8, 4) is 5.75 Å². The Balaban J connectivity index is 2.45. The number of hydrogen-bond donors (Lipinski definition) is 0. The monoisotopic (exact) mass is 355 g/mol. The third-order valence-electron chi connectivity index (χ3n) is 3.32. The Morgan fingerprint density at radius 1 is 1.17 bits per heavy atom. The molecule has 0 saturated carbocycles. The molecule has 1 heterocycles. The van der Waals surface area contributed by atoms with Crippen molar-refractivity contribution in [1.82, 2.24) is 0 Å². The first-order valence-corrected chi connectivity index (χ1v) is 7.63. The Hall–Kier alpha value is -1.85. The van der Waals surface area contributed by atoms with Crippen molar-refractivity contribution in [2.24, 2.45) is 0 Å². The van der Waals surface area contributed by atoms with Crippen molar-refractivity contribution in [2.45, 2.75) is 27.2 Å². The van der Waals surface area contributed by atoms with Gasteiger partial charge in [0.1, 0.15) is 12.4 Å². The van der Waals surface area contributed by atoms with Gasteiger partial charge in [0.05, 0.1) is 22.2 Å². The Morgan fingerprint density at radius 2 is 1.83 bits per heavy atom. The SMILES string of the molecule is CC(=O)COc1cc(N2C(=O)CC(=C(C)C)C2=O)c(Cl)cc1Cl. The van der Waals surface area contributed by atoms with Gasteiger partial charge in [-0.05, 0) is 26.8 Å². The minimum absolute atomic E-state index is 0.0315. The molecule has 5 nitrogen and oxygen atoms in total. The Labute approximate surface area is 143 Å². The normalized spacial score (nSPS) is 14.5. The quantitative estimate of drug-likeness (QED) is 0.611. The maximum Gasteiger partial charge on any atom is 0.261 e. The van der Waals surface area contributed by atoms with E-state index in [1.54, 1.807) is 13.8 Å². The Bertz CT molecular complexity index is 736. The van der Waals surface area contributed by atoms with Gasteiger partial charge in [-0.1, -0.05) is 28.8 Å². The Kier molecular flexibility index (Phi) is 5.12. The first-order valence-electron chi connectivity index (χ1n) is 6.87. The molecule has 0 spiro atoms. The van der Waals surface area contributed by atoms with E-state index in [0.29, 0.717) is 5.57 Å². The van der Waals surface area contributed by atoms with Gasteiger partial charge in [-0.25, -0.2) is 4.90 Å². The maximum absolute atomic E-state index is 12.4. The summed E-state index contributed by atoms with van der Waals surface area (Å²) in [6, 6.07) is 2.78. The number of ketones is 1. The van der Waals surface area contributed by atoms with E-state index in [1.807, 2.05) is 0 Å². The lowest BCUT2D eigenvalue weighted by Gasteiger charge is -2.17. The van der Waals surface area contributed by atoms with Gasteiger partial charge in [-0.2, -0.15) is 0 Å². The second-order valence-corrected chi connectivity index (χ2v) is 6.23. The zero-order valence-electron chi connectivity index (χ0n) is 12.9. The van der Waals surface area contributed by atoms with E-state index in [1.165, 1.54) is 19.1 Å². The fraction of sp³-hybridized carbons (Fsp3) is 0.312. The van der Waals surface area contributed by atoms with Gasteiger partial charge in [-0.15, -0.1) is 0 Å². The van der Waals surface area contributed by atoms with Crippen molar-refractivity contribution >= 4 is 46.5 Å². The molecule has 1 aliphatic rings. The molecule has 1 aromatic rings. The van der Waals surface area contributed by atoms with Crippen LogP contribution in [0.25, 0.3) is 0 Å². The molecule has 0 aliphatic carbocycles. The van der Waals surface area contributed by atoms with E-state index in [2.05, 4.69) is 0 Å². The number of amides is 2. The summed E-state index contributed by atoms with van der Waals surface area (Å²) in [6.07, 6.45) is 0.0315. The molecule has 23 heavy (non-hydrogen) atoms. The zero-order valence-corrected chi connectivity index (χ0v) is 14.4. The second-order valence-electron chi connectivity index (χ2n) is 5.41. The van der Waals surface area contributed by atoms with Crippen LogP contribution in [0.1, 0.15) is 27.2 Å². The van der Waals surface area contributed by atoms with Crippen LogP contribution < -0.4 is 9.64 Å². The number of hydrogen-bond acceptors (Lipinski definition) is 4. The molecule has 0 unspecified atom stereocenters. The van der Waals surface area contributed by atoms with Crippen LogP contribution in [0, 0.1) is 0 Å². The lowest BCUT2D eigenvalue weighted by Crippen LogP contribution is -2.29. The number of allylic oxidation sites excluding steroid dienone is 1. The highest BCUT2D eigenvalue weighted by atomic mass is 35.5. The van der Waals surface area contributed by atoms with E-state index < -0.39 is 5.91 Å². The minimum atomic E-state index is -0.406. The lowest BCUT2D eigenvalue weighted by atomic mass is 10.1. The number of imide groups is 1. The zero-order chi connectivity index (χ0) is 17.3. The highest BCUT2D eigenvalue weighted by Gasteiger charge is 2.37. The summed E-state index contributed by atoms with van der Waals surface area (Å²) in [5.41, 5.74) is 1.43. The molecule has 1 aromatic carbocycles. The number of Topliss-reactive ketones (excluding diaryl/α,β-unsaturated/α-hetero) is 1. The summed E-state index contributed by atoms with van der Waals surface area (Å²) in [4.78, 5) is 36.7. The maximum atomic E-state index is 12.4. The van der Waals surface area contributed by atoms with Crippen molar-refractivity contribution < 1.29 is 19.1 Å². The van der Waals surface area contributed by atoms with E-state index in [0.717, 1.165) is 10.5 Å². The number of rotatable bonds is 4. The average molecular weight is 356 g/mol. The van der Waals surface area contributed by atoms with Gasteiger partial charge in [-0.3, -0.25) is 14.4 Å². The smallest absolute Gasteiger partial charge is 0.261 e. The van der Waals surface area contributed by atoms with Gasteiger partial charge in [0.25, 0.3) is 5.91 Å². The van der Waals surface area contributed by atoms with Crippen LogP contribution in [0.2, 0.25) is 10.0 Å². The highest BCUT2D eigenvalue weighted by molar-refractivity contribution is 6.39. The molecule has 122 valence electrons. The Morgan fingerprint density at radius 3 is 2.35 bits per heavy atom. The number of anilines is 1. The summed E-state index contributed by atoms with van der Waals surface area (Å²) in [5, 5.41) is 0.350. The summed E-state index contributed by atoms with van der Waals surface area (Å²) in [5.74, 6) is -0.769. The molecular weight excluding hydrogens is 341 g/mol. The van der Waals surface area contributed by atoms with Crippen molar-refractivity contribution in [3.05, 3.63) is 33.3 Å². The van der Waals surface area contributed by atoms with Crippen LogP contribution in [0.4, 0.5) is 5.69 Å². The number of benzene rings is 1. The van der Waals surface area contributed by atoms with Crippen LogP contribution >= 0.6 is 23.2 Å². The van der Waals surface area contributed by atoms with E-state index in [4.69, 9.17) is 27.9 Å². The van der Waals surface area contributed by atoms with E-state index in [9.17, 15) is 14.4 Å². The van der Waals surface area contributed by atoms with Crippen LogP contribution in [0.3, 0.4) is 0 Å². The van der Waals surface area contributed by atoms with E-state index in [-0.39, 0.29) is 46.2 Å². The van der Waals surface area contributed by atoms with Crippen LogP contribution in [0.5, 0.6) is 5.75 Å². The number of carbonyl (C=O) groups excluding carboxylic acids is 3. The predicted octanol–water partition coefficient (Wildman–Crippen LogP) is 3.56.